The van der Waals surface area contributed by atoms with E-state index in [1.54, 1.807) is 36.4 Å². The minimum absolute atomic E-state index is 0.0147. The summed E-state index contributed by atoms with van der Waals surface area (Å²) in [7, 11) is 1.80. The highest BCUT2D eigenvalue weighted by atomic mass is 19.4. The van der Waals surface area contributed by atoms with E-state index in [2.05, 4.69) is 30.5 Å². The summed E-state index contributed by atoms with van der Waals surface area (Å²) in [5.74, 6) is 0.0804. The first-order valence-corrected chi connectivity index (χ1v) is 13.2. The van der Waals surface area contributed by atoms with Crippen LogP contribution >= 0.6 is 0 Å². The molecule has 1 aromatic carbocycles. The molecule has 10 nitrogen and oxygen atoms in total. The Morgan fingerprint density at radius 1 is 1.17 bits per heavy atom. The predicted molar refractivity (Wildman–Crippen MR) is 145 cm³/mol. The van der Waals surface area contributed by atoms with E-state index in [9.17, 15) is 18.0 Å². The van der Waals surface area contributed by atoms with Gasteiger partial charge < -0.3 is 9.84 Å². The van der Waals surface area contributed by atoms with Crippen LogP contribution in [0.3, 0.4) is 0 Å². The molecule has 1 aliphatic rings. The van der Waals surface area contributed by atoms with E-state index >= 15 is 0 Å². The first-order valence-electron chi connectivity index (χ1n) is 13.2. The van der Waals surface area contributed by atoms with Gasteiger partial charge in [0.25, 0.3) is 0 Å². The summed E-state index contributed by atoms with van der Waals surface area (Å²) in [4.78, 5) is 27.7. The first-order chi connectivity index (χ1) is 19.3. The average Bonchev–Trinajstić information content (AvgIpc) is 3.52. The van der Waals surface area contributed by atoms with Gasteiger partial charge in [-0.3, -0.25) is 14.4 Å². The summed E-state index contributed by atoms with van der Waals surface area (Å²) in [6, 6.07) is 7.35. The second-order valence-electron chi connectivity index (χ2n) is 11.3. The molecular weight excluding hydrogens is 537 g/mol. The van der Waals surface area contributed by atoms with Crippen LogP contribution in [-0.4, -0.2) is 59.8 Å². The highest BCUT2D eigenvalue weighted by molar-refractivity contribution is 5.93. The van der Waals surface area contributed by atoms with Crippen LogP contribution in [0.25, 0.3) is 11.3 Å². The van der Waals surface area contributed by atoms with E-state index in [0.717, 1.165) is 16.8 Å². The molecule has 1 aliphatic heterocycles. The van der Waals surface area contributed by atoms with Crippen molar-refractivity contribution < 1.29 is 22.5 Å². The summed E-state index contributed by atoms with van der Waals surface area (Å²) in [5.41, 5.74) is 3.18. The normalized spacial score (nSPS) is 16.3. The molecule has 1 N–H and O–H groups in total. The topological polar surface area (TPSA) is 115 Å². The molecule has 4 aromatic rings. The number of nitrogens with one attached hydrogen (secondary N) is 1. The van der Waals surface area contributed by atoms with E-state index in [1.165, 1.54) is 4.90 Å². The standard InChI is InChI=1S/C28H31F3N8O2/c1-27(2,3)25-36-24(37-41-25)23(40)12-17-8-10-39(16-28(29,30)31)14-19-11-18(5-6-21(17)19)22-7-9-32-26(35-22)34-20-13-33-38(4)15-20/h5-7,9,11,13,15,17H,8,10,12,14,16H2,1-4H3,(H,32,34,35)/t17-/m1/s1. The van der Waals surface area contributed by atoms with Crippen molar-refractivity contribution >= 4 is 17.4 Å². The van der Waals surface area contributed by atoms with Gasteiger partial charge in [-0.05, 0) is 42.1 Å². The van der Waals surface area contributed by atoms with Crippen LogP contribution in [-0.2, 0) is 19.0 Å². The van der Waals surface area contributed by atoms with Crippen molar-refractivity contribution in [1.82, 2.24) is 34.8 Å². The Balaban J connectivity index is 1.43. The molecule has 3 aromatic heterocycles. The second kappa shape index (κ2) is 11.0. The van der Waals surface area contributed by atoms with Crippen molar-refractivity contribution in [2.75, 3.05) is 18.4 Å². The lowest BCUT2D eigenvalue weighted by molar-refractivity contribution is -0.147. The molecule has 0 bridgehead atoms. The number of aromatic nitrogens is 6. The molecule has 0 saturated heterocycles. The number of nitrogens with zero attached hydrogens (tertiary/aromatic N) is 7. The molecule has 4 heterocycles. The quantitative estimate of drug-likeness (QED) is 0.292. The number of anilines is 2. The van der Waals surface area contributed by atoms with Crippen molar-refractivity contribution in [3.05, 3.63) is 65.7 Å². The summed E-state index contributed by atoms with van der Waals surface area (Å²) in [6.07, 6.45) is 1.13. The minimum Gasteiger partial charge on any atom is -0.338 e. The molecule has 41 heavy (non-hydrogen) atoms. The molecule has 5 rings (SSSR count). The Bertz CT molecular complexity index is 1540. The number of ketones is 1. The second-order valence-corrected chi connectivity index (χ2v) is 11.3. The van der Waals surface area contributed by atoms with Crippen LogP contribution in [0, 0.1) is 0 Å². The fourth-order valence-corrected chi connectivity index (χ4v) is 4.87. The van der Waals surface area contributed by atoms with Gasteiger partial charge in [-0.25, -0.2) is 9.97 Å². The fraction of sp³-hybridized carbons (Fsp3) is 0.429. The molecule has 216 valence electrons. The maximum absolute atomic E-state index is 13.4. The number of halogens is 3. The number of rotatable bonds is 7. The van der Waals surface area contributed by atoms with Gasteiger partial charge in [0.15, 0.2) is 0 Å². The van der Waals surface area contributed by atoms with Gasteiger partial charge in [0.05, 0.1) is 24.1 Å². The van der Waals surface area contributed by atoms with Gasteiger partial charge >= 0.3 is 6.18 Å². The number of alkyl halides is 3. The third-order valence-corrected chi connectivity index (χ3v) is 6.83. The van der Waals surface area contributed by atoms with E-state index in [-0.39, 0.29) is 37.0 Å². The Kier molecular flexibility index (Phi) is 7.64. The van der Waals surface area contributed by atoms with Crippen molar-refractivity contribution in [2.24, 2.45) is 7.05 Å². The van der Waals surface area contributed by atoms with Crippen LogP contribution in [0.4, 0.5) is 24.8 Å². The zero-order valence-electron chi connectivity index (χ0n) is 23.2. The lowest BCUT2D eigenvalue weighted by atomic mass is 9.87. The van der Waals surface area contributed by atoms with E-state index in [4.69, 9.17) is 4.52 Å². The van der Waals surface area contributed by atoms with Gasteiger partial charge in [-0.1, -0.05) is 38.1 Å². The van der Waals surface area contributed by atoms with Gasteiger partial charge in [0, 0.05) is 43.4 Å². The van der Waals surface area contributed by atoms with Crippen LogP contribution in [0.1, 0.15) is 67.2 Å². The van der Waals surface area contributed by atoms with Crippen LogP contribution < -0.4 is 5.32 Å². The van der Waals surface area contributed by atoms with Gasteiger partial charge in [-0.15, -0.1) is 0 Å². The number of Topliss-reactive ketones (excluding diaryl/α,β-unsaturated/α-hetero) is 1. The summed E-state index contributed by atoms with van der Waals surface area (Å²) < 4.78 is 47.1. The first kappa shape index (κ1) is 28.4. The van der Waals surface area contributed by atoms with Crippen molar-refractivity contribution in [3.8, 4) is 11.3 Å². The molecule has 0 spiro atoms. The molecule has 0 unspecified atom stereocenters. The fourth-order valence-electron chi connectivity index (χ4n) is 4.87. The molecule has 13 heteroatoms. The lowest BCUT2D eigenvalue weighted by Gasteiger charge is -2.22. The maximum atomic E-state index is 13.4. The van der Waals surface area contributed by atoms with Gasteiger partial charge in [0.1, 0.15) is 0 Å². The average molecular weight is 569 g/mol. The van der Waals surface area contributed by atoms with E-state index in [1.807, 2.05) is 39.0 Å². The number of aryl methyl sites for hydroxylation is 1. The highest BCUT2D eigenvalue weighted by Crippen LogP contribution is 2.35. The SMILES string of the molecule is Cn1cc(Nc2nccc(-c3ccc4c(c3)CN(CC(F)(F)F)CC[C@@H]4CC(=O)c3noc(C(C)(C)C)n3)n2)cn1. The molecule has 0 fully saturated rings. The van der Waals surface area contributed by atoms with Crippen LogP contribution in [0.15, 0.2) is 47.4 Å². The third-order valence-electron chi connectivity index (χ3n) is 6.83. The summed E-state index contributed by atoms with van der Waals surface area (Å²) in [6.45, 7) is 4.95. The molecule has 0 radical (unpaired) electrons. The van der Waals surface area contributed by atoms with E-state index < -0.39 is 18.1 Å². The number of fused-ring (bicyclic) bond motifs is 1. The number of hydrogen-bond acceptors (Lipinski definition) is 9. The highest BCUT2D eigenvalue weighted by Gasteiger charge is 2.34. The number of hydrogen-bond donors (Lipinski definition) is 1. The molecular formula is C28H31F3N8O2. The largest absolute Gasteiger partial charge is 0.401 e. The number of carbonyl (C=O) groups is 1. The maximum Gasteiger partial charge on any atom is 0.401 e. The Morgan fingerprint density at radius 2 is 1.98 bits per heavy atom. The molecule has 0 aliphatic carbocycles. The van der Waals surface area contributed by atoms with Crippen molar-refractivity contribution in [1.29, 1.82) is 0 Å². The van der Waals surface area contributed by atoms with E-state index in [0.29, 0.717) is 29.5 Å². The zero-order valence-corrected chi connectivity index (χ0v) is 23.2. The third kappa shape index (κ3) is 6.96. The molecule has 1 atom stereocenters. The minimum atomic E-state index is -4.35. The smallest absolute Gasteiger partial charge is 0.338 e. The van der Waals surface area contributed by atoms with Crippen LogP contribution in [0.5, 0.6) is 0 Å². The van der Waals surface area contributed by atoms with Gasteiger partial charge in [-0.2, -0.15) is 23.3 Å². The lowest BCUT2D eigenvalue weighted by Crippen LogP contribution is -2.34. The number of carbonyl (C=O) groups excluding carboxylic acids is 1. The van der Waals surface area contributed by atoms with Crippen molar-refractivity contribution in [3.63, 3.8) is 0 Å². The molecule has 0 amide bonds. The van der Waals surface area contributed by atoms with Crippen LogP contribution in [0.2, 0.25) is 0 Å². The summed E-state index contributed by atoms with van der Waals surface area (Å²) in [5, 5.41) is 11.1. The number of benzene rings is 1. The zero-order chi connectivity index (χ0) is 29.4. The Morgan fingerprint density at radius 3 is 2.66 bits per heavy atom. The predicted octanol–water partition coefficient (Wildman–Crippen LogP) is 5.43. The molecule has 0 saturated carbocycles. The van der Waals surface area contributed by atoms with Crippen molar-refractivity contribution in [2.45, 2.75) is 57.7 Å². The monoisotopic (exact) mass is 568 g/mol. The van der Waals surface area contributed by atoms with Gasteiger partial charge in [0.2, 0.25) is 23.4 Å². The Labute approximate surface area is 235 Å². The Hall–Kier alpha value is -4.13. The summed E-state index contributed by atoms with van der Waals surface area (Å²) >= 11 is 0.